The van der Waals surface area contributed by atoms with Gasteiger partial charge < -0.3 is 18.9 Å². The molecule has 1 aliphatic heterocycles. The molecule has 2 aliphatic carbocycles. The summed E-state index contributed by atoms with van der Waals surface area (Å²) in [5, 5.41) is 3.72. The van der Waals surface area contributed by atoms with Crippen molar-refractivity contribution < 1.29 is 18.8 Å². The van der Waals surface area contributed by atoms with E-state index in [1.807, 2.05) is 4.90 Å². The fourth-order valence-electron chi connectivity index (χ4n) is 3.55. The van der Waals surface area contributed by atoms with Crippen molar-refractivity contribution in [2.45, 2.75) is 50.9 Å². The molecule has 1 amide bonds. The van der Waals surface area contributed by atoms with E-state index in [4.69, 9.17) is 14.0 Å². The van der Waals surface area contributed by atoms with Crippen molar-refractivity contribution in [2.24, 2.45) is 5.92 Å². The third-order valence-electron chi connectivity index (χ3n) is 5.02. The summed E-state index contributed by atoms with van der Waals surface area (Å²) in [7, 11) is 0. The lowest BCUT2D eigenvalue weighted by Gasteiger charge is -2.31. The molecule has 4 rings (SSSR count). The largest absolute Gasteiger partial charge is 0.374 e. The highest BCUT2D eigenvalue weighted by Gasteiger charge is 2.45. The van der Waals surface area contributed by atoms with Crippen molar-refractivity contribution in [1.29, 1.82) is 0 Å². The van der Waals surface area contributed by atoms with Gasteiger partial charge in [-0.15, -0.1) is 0 Å². The van der Waals surface area contributed by atoms with E-state index in [2.05, 4.69) is 5.16 Å². The Bertz CT molecular complexity index is 554. The first-order valence-electron chi connectivity index (χ1n) is 8.19. The van der Waals surface area contributed by atoms with Crippen LogP contribution in [0.15, 0.2) is 10.7 Å². The van der Waals surface area contributed by atoms with Gasteiger partial charge in [-0.1, -0.05) is 5.16 Å². The summed E-state index contributed by atoms with van der Waals surface area (Å²) >= 11 is 0. The molecule has 1 aromatic rings. The summed E-state index contributed by atoms with van der Waals surface area (Å²) < 4.78 is 17.1. The lowest BCUT2D eigenvalue weighted by molar-refractivity contribution is -0.0556. The first kappa shape index (κ1) is 14.2. The molecule has 0 N–H and O–H groups in total. The van der Waals surface area contributed by atoms with Crippen LogP contribution in [-0.2, 0) is 9.47 Å². The molecule has 0 radical (unpaired) electrons. The molecule has 3 aliphatic rings. The average molecular weight is 306 g/mol. The van der Waals surface area contributed by atoms with Crippen LogP contribution in [0.2, 0.25) is 0 Å². The summed E-state index contributed by atoms with van der Waals surface area (Å²) in [6.07, 6.45) is 6.09. The molecule has 1 saturated heterocycles. The molecule has 2 saturated carbocycles. The van der Waals surface area contributed by atoms with Gasteiger partial charge in [0.25, 0.3) is 5.91 Å². The van der Waals surface area contributed by atoms with Crippen molar-refractivity contribution in [3.05, 3.63) is 17.5 Å². The van der Waals surface area contributed by atoms with Crippen molar-refractivity contribution >= 4 is 5.91 Å². The number of carbonyl (C=O) groups is 1. The molecular formula is C16H22N2O4. The van der Waals surface area contributed by atoms with Crippen molar-refractivity contribution in [1.82, 2.24) is 10.1 Å². The fourth-order valence-corrected chi connectivity index (χ4v) is 3.55. The van der Waals surface area contributed by atoms with Gasteiger partial charge in [0, 0.05) is 13.2 Å². The van der Waals surface area contributed by atoms with E-state index in [0.717, 1.165) is 19.4 Å². The van der Waals surface area contributed by atoms with Crippen LogP contribution >= 0.6 is 0 Å². The third-order valence-corrected chi connectivity index (χ3v) is 5.02. The minimum atomic E-state index is -0.0186. The molecule has 3 fully saturated rings. The molecule has 120 valence electrons. The van der Waals surface area contributed by atoms with Gasteiger partial charge in [-0.25, -0.2) is 0 Å². The van der Waals surface area contributed by atoms with Crippen LogP contribution in [-0.4, -0.2) is 54.0 Å². The summed E-state index contributed by atoms with van der Waals surface area (Å²) in [4.78, 5) is 14.7. The molecule has 6 nitrogen and oxygen atoms in total. The van der Waals surface area contributed by atoms with Crippen LogP contribution in [0.3, 0.4) is 0 Å². The van der Waals surface area contributed by atoms with E-state index in [1.165, 1.54) is 19.0 Å². The summed E-state index contributed by atoms with van der Waals surface area (Å²) in [5.41, 5.74) is 0.547. The number of rotatable bonds is 4. The SMILES string of the molecule is Cc1oncc1C(=O)N1CCO[C@H]2CC[C@H]1[C@H]2OCC1CC1. The highest BCUT2D eigenvalue weighted by Crippen LogP contribution is 2.36. The van der Waals surface area contributed by atoms with E-state index in [9.17, 15) is 4.79 Å². The molecule has 0 spiro atoms. The number of hydrogen-bond acceptors (Lipinski definition) is 5. The summed E-state index contributed by atoms with van der Waals surface area (Å²) in [6, 6.07) is 0.105. The van der Waals surface area contributed by atoms with Gasteiger partial charge in [0.1, 0.15) is 17.4 Å². The molecule has 0 unspecified atom stereocenters. The Morgan fingerprint density at radius 2 is 2.27 bits per heavy atom. The molecular weight excluding hydrogens is 284 g/mol. The Morgan fingerprint density at radius 3 is 3.00 bits per heavy atom. The lowest BCUT2D eigenvalue weighted by atomic mass is 10.1. The highest BCUT2D eigenvalue weighted by atomic mass is 16.5. The van der Waals surface area contributed by atoms with Crippen molar-refractivity contribution in [3.63, 3.8) is 0 Å². The zero-order valence-electron chi connectivity index (χ0n) is 12.9. The fraction of sp³-hybridized carbons (Fsp3) is 0.750. The first-order valence-corrected chi connectivity index (χ1v) is 8.19. The number of aromatic nitrogens is 1. The zero-order valence-corrected chi connectivity index (χ0v) is 12.9. The summed E-state index contributed by atoms with van der Waals surface area (Å²) in [5.74, 6) is 1.27. The predicted molar refractivity (Wildman–Crippen MR) is 77.5 cm³/mol. The smallest absolute Gasteiger partial charge is 0.259 e. The van der Waals surface area contributed by atoms with Crippen molar-refractivity contribution in [2.75, 3.05) is 19.8 Å². The van der Waals surface area contributed by atoms with Gasteiger partial charge >= 0.3 is 0 Å². The third kappa shape index (κ3) is 2.54. The van der Waals surface area contributed by atoms with E-state index in [0.29, 0.717) is 30.4 Å². The minimum Gasteiger partial charge on any atom is -0.374 e. The van der Waals surface area contributed by atoms with Gasteiger partial charge in [-0.3, -0.25) is 4.79 Å². The second-order valence-corrected chi connectivity index (χ2v) is 6.59. The van der Waals surface area contributed by atoms with Gasteiger partial charge in [0.15, 0.2) is 0 Å². The molecule has 2 bridgehead atoms. The quantitative estimate of drug-likeness (QED) is 0.848. The lowest BCUT2D eigenvalue weighted by Crippen LogP contribution is -2.46. The standard InChI is InChI=1S/C16H22N2O4/c1-10-12(8-17-22-10)16(19)18-6-7-20-14-5-4-13(18)15(14)21-9-11-2-3-11/h8,11,13-15H,2-7,9H2,1H3/t13-,14-,15+/m0/s1. The average Bonchev–Trinajstić information content (AvgIpc) is 3.13. The van der Waals surface area contributed by atoms with Gasteiger partial charge in [0.2, 0.25) is 0 Å². The Balaban J connectivity index is 1.53. The van der Waals surface area contributed by atoms with Crippen LogP contribution in [0.1, 0.15) is 41.8 Å². The maximum absolute atomic E-state index is 12.8. The Kier molecular flexibility index (Phi) is 3.66. The second kappa shape index (κ2) is 5.66. The maximum atomic E-state index is 12.8. The van der Waals surface area contributed by atoms with Crippen LogP contribution in [0.5, 0.6) is 0 Å². The number of ether oxygens (including phenoxy) is 2. The molecule has 22 heavy (non-hydrogen) atoms. The number of aryl methyl sites for hydroxylation is 1. The van der Waals surface area contributed by atoms with Gasteiger partial charge in [0.05, 0.1) is 24.9 Å². The topological polar surface area (TPSA) is 64.8 Å². The van der Waals surface area contributed by atoms with Crippen molar-refractivity contribution in [3.8, 4) is 0 Å². The molecule has 1 aromatic heterocycles. The number of fused-ring (bicyclic) bond motifs is 2. The van der Waals surface area contributed by atoms with Gasteiger partial charge in [-0.05, 0) is 38.5 Å². The zero-order chi connectivity index (χ0) is 15.1. The first-order chi connectivity index (χ1) is 10.7. The van der Waals surface area contributed by atoms with Crippen LogP contribution < -0.4 is 0 Å². The Hall–Kier alpha value is -1.40. The van der Waals surface area contributed by atoms with E-state index < -0.39 is 0 Å². The van der Waals surface area contributed by atoms with Gasteiger partial charge in [-0.2, -0.15) is 0 Å². The number of hydrogen-bond donors (Lipinski definition) is 0. The summed E-state index contributed by atoms with van der Waals surface area (Å²) in [6.45, 7) is 3.75. The molecule has 6 heteroatoms. The molecule has 2 heterocycles. The number of nitrogens with zero attached hydrogens (tertiary/aromatic N) is 2. The van der Waals surface area contributed by atoms with E-state index in [-0.39, 0.29) is 24.2 Å². The normalized spacial score (nSPS) is 31.3. The minimum absolute atomic E-state index is 0.00668. The highest BCUT2D eigenvalue weighted by molar-refractivity contribution is 5.95. The van der Waals surface area contributed by atoms with Crippen LogP contribution in [0.4, 0.5) is 0 Å². The Labute approximate surface area is 129 Å². The molecule has 3 atom stereocenters. The van der Waals surface area contributed by atoms with E-state index >= 15 is 0 Å². The predicted octanol–water partition coefficient (Wildman–Crippen LogP) is 1.78. The monoisotopic (exact) mass is 306 g/mol. The second-order valence-electron chi connectivity index (χ2n) is 6.59. The van der Waals surface area contributed by atoms with Crippen LogP contribution in [0, 0.1) is 12.8 Å². The molecule has 0 aromatic carbocycles. The maximum Gasteiger partial charge on any atom is 0.259 e. The number of carbonyl (C=O) groups excluding carboxylic acids is 1. The Morgan fingerprint density at radius 1 is 1.41 bits per heavy atom. The van der Waals surface area contributed by atoms with E-state index in [1.54, 1.807) is 6.92 Å². The van der Waals surface area contributed by atoms with Crippen LogP contribution in [0.25, 0.3) is 0 Å². The number of amides is 1.